The summed E-state index contributed by atoms with van der Waals surface area (Å²) in [6, 6.07) is 2.41. The fourth-order valence-corrected chi connectivity index (χ4v) is 2.53. The molecule has 1 fully saturated rings. The standard InChI is InChI=1S/C13H22N4O/c1-17(10-6-4-3-5-7-10)13-8-11(14)15-12(16-13)9-18-2/h8,10H,3-7,9H2,1-2H3,(H2,14,15,16). The van der Waals surface area contributed by atoms with Gasteiger partial charge in [0, 0.05) is 26.3 Å². The highest BCUT2D eigenvalue weighted by Gasteiger charge is 2.19. The Hall–Kier alpha value is -1.36. The van der Waals surface area contributed by atoms with Crippen LogP contribution in [-0.2, 0) is 11.3 Å². The summed E-state index contributed by atoms with van der Waals surface area (Å²) in [6.07, 6.45) is 6.44. The summed E-state index contributed by atoms with van der Waals surface area (Å²) in [5, 5.41) is 0. The molecule has 5 nitrogen and oxygen atoms in total. The van der Waals surface area contributed by atoms with E-state index in [-0.39, 0.29) is 0 Å². The summed E-state index contributed by atoms with van der Waals surface area (Å²) in [5.41, 5.74) is 5.82. The van der Waals surface area contributed by atoms with Gasteiger partial charge in [-0.25, -0.2) is 9.97 Å². The zero-order chi connectivity index (χ0) is 13.0. The van der Waals surface area contributed by atoms with Gasteiger partial charge in [0.15, 0.2) is 5.82 Å². The smallest absolute Gasteiger partial charge is 0.158 e. The third-order valence-electron chi connectivity index (χ3n) is 3.54. The first-order valence-corrected chi connectivity index (χ1v) is 6.56. The average molecular weight is 250 g/mol. The van der Waals surface area contributed by atoms with Gasteiger partial charge in [0.25, 0.3) is 0 Å². The van der Waals surface area contributed by atoms with Gasteiger partial charge in [0.1, 0.15) is 18.2 Å². The summed E-state index contributed by atoms with van der Waals surface area (Å²) in [6.45, 7) is 0.399. The molecule has 1 aromatic heterocycles. The van der Waals surface area contributed by atoms with Gasteiger partial charge in [-0.2, -0.15) is 0 Å². The number of hydrogen-bond donors (Lipinski definition) is 1. The number of rotatable bonds is 4. The molecule has 18 heavy (non-hydrogen) atoms. The Morgan fingerprint density at radius 3 is 2.72 bits per heavy atom. The predicted octanol–water partition coefficient (Wildman–Crippen LogP) is 1.97. The fourth-order valence-electron chi connectivity index (χ4n) is 2.53. The molecule has 1 heterocycles. The maximum absolute atomic E-state index is 5.82. The van der Waals surface area contributed by atoms with E-state index in [1.807, 2.05) is 6.07 Å². The van der Waals surface area contributed by atoms with Crippen LogP contribution in [0.1, 0.15) is 37.9 Å². The Morgan fingerprint density at radius 2 is 2.06 bits per heavy atom. The van der Waals surface area contributed by atoms with E-state index in [1.54, 1.807) is 7.11 Å². The molecule has 0 amide bonds. The molecule has 0 saturated heterocycles. The van der Waals surface area contributed by atoms with Crippen LogP contribution in [0.5, 0.6) is 0 Å². The maximum atomic E-state index is 5.82. The quantitative estimate of drug-likeness (QED) is 0.885. The highest BCUT2D eigenvalue weighted by atomic mass is 16.5. The van der Waals surface area contributed by atoms with E-state index in [2.05, 4.69) is 21.9 Å². The van der Waals surface area contributed by atoms with E-state index < -0.39 is 0 Å². The summed E-state index contributed by atoms with van der Waals surface area (Å²) in [4.78, 5) is 10.9. The number of nitrogen functional groups attached to an aromatic ring is 1. The van der Waals surface area contributed by atoms with E-state index in [1.165, 1.54) is 32.1 Å². The van der Waals surface area contributed by atoms with Crippen molar-refractivity contribution in [3.63, 3.8) is 0 Å². The van der Waals surface area contributed by atoms with Crippen LogP contribution in [-0.4, -0.2) is 30.2 Å². The monoisotopic (exact) mass is 250 g/mol. The van der Waals surface area contributed by atoms with Crippen LogP contribution in [0.25, 0.3) is 0 Å². The molecular weight excluding hydrogens is 228 g/mol. The van der Waals surface area contributed by atoms with Crippen molar-refractivity contribution >= 4 is 11.6 Å². The third-order valence-corrected chi connectivity index (χ3v) is 3.54. The van der Waals surface area contributed by atoms with Gasteiger partial charge < -0.3 is 15.4 Å². The van der Waals surface area contributed by atoms with Crippen molar-refractivity contribution in [1.82, 2.24) is 9.97 Å². The van der Waals surface area contributed by atoms with Crippen LogP contribution >= 0.6 is 0 Å². The van der Waals surface area contributed by atoms with Crippen LogP contribution in [0.3, 0.4) is 0 Å². The van der Waals surface area contributed by atoms with Gasteiger partial charge >= 0.3 is 0 Å². The molecule has 0 aliphatic heterocycles. The highest BCUT2D eigenvalue weighted by molar-refractivity contribution is 5.47. The Kier molecular flexibility index (Phi) is 4.36. The molecule has 0 spiro atoms. The Labute approximate surface area is 108 Å². The first-order chi connectivity index (χ1) is 8.70. The van der Waals surface area contributed by atoms with Gasteiger partial charge in [-0.3, -0.25) is 0 Å². The Bertz CT molecular complexity index is 391. The minimum atomic E-state index is 0.399. The van der Waals surface area contributed by atoms with Crippen LogP contribution in [0.15, 0.2) is 6.07 Å². The van der Waals surface area contributed by atoms with Gasteiger partial charge in [-0.15, -0.1) is 0 Å². The minimum absolute atomic E-state index is 0.399. The van der Waals surface area contributed by atoms with Gasteiger partial charge in [0.2, 0.25) is 0 Å². The molecule has 1 aliphatic carbocycles. The molecule has 1 aromatic rings. The maximum Gasteiger partial charge on any atom is 0.158 e. The highest BCUT2D eigenvalue weighted by Crippen LogP contribution is 2.25. The summed E-state index contributed by atoms with van der Waals surface area (Å²) in [5.74, 6) is 2.06. The molecule has 0 unspecified atom stereocenters. The lowest BCUT2D eigenvalue weighted by Gasteiger charge is -2.32. The van der Waals surface area contributed by atoms with Crippen LogP contribution in [0.2, 0.25) is 0 Å². The second kappa shape index (κ2) is 6.00. The molecule has 2 N–H and O–H groups in total. The normalized spacial score (nSPS) is 16.8. The Balaban J connectivity index is 2.15. The molecule has 100 valence electrons. The number of anilines is 2. The molecular formula is C13H22N4O. The van der Waals surface area contributed by atoms with Gasteiger partial charge in [-0.1, -0.05) is 19.3 Å². The largest absolute Gasteiger partial charge is 0.384 e. The summed E-state index contributed by atoms with van der Waals surface area (Å²) in [7, 11) is 3.73. The van der Waals surface area contributed by atoms with E-state index in [9.17, 15) is 0 Å². The van der Waals surface area contributed by atoms with Crippen molar-refractivity contribution in [3.05, 3.63) is 11.9 Å². The molecule has 2 rings (SSSR count). The SMILES string of the molecule is COCc1nc(N)cc(N(C)C2CCCCC2)n1. The molecule has 5 heteroatoms. The molecule has 0 aromatic carbocycles. The average Bonchev–Trinajstić information content (AvgIpc) is 2.38. The second-order valence-corrected chi connectivity index (χ2v) is 4.90. The predicted molar refractivity (Wildman–Crippen MR) is 72.4 cm³/mol. The molecule has 0 bridgehead atoms. The number of aromatic nitrogens is 2. The van der Waals surface area contributed by atoms with E-state index in [0.29, 0.717) is 24.3 Å². The van der Waals surface area contributed by atoms with Crippen molar-refractivity contribution in [2.75, 3.05) is 24.8 Å². The summed E-state index contributed by atoms with van der Waals surface area (Å²) < 4.78 is 5.06. The first kappa shape index (κ1) is 13.1. The molecule has 1 saturated carbocycles. The zero-order valence-corrected chi connectivity index (χ0v) is 11.2. The lowest BCUT2D eigenvalue weighted by molar-refractivity contribution is 0.178. The van der Waals surface area contributed by atoms with Gasteiger partial charge in [0.05, 0.1) is 0 Å². The van der Waals surface area contributed by atoms with Crippen LogP contribution in [0.4, 0.5) is 11.6 Å². The van der Waals surface area contributed by atoms with Crippen LogP contribution < -0.4 is 10.6 Å². The van der Waals surface area contributed by atoms with Crippen molar-refractivity contribution in [1.29, 1.82) is 0 Å². The number of hydrogen-bond acceptors (Lipinski definition) is 5. The summed E-state index contributed by atoms with van der Waals surface area (Å²) >= 11 is 0. The first-order valence-electron chi connectivity index (χ1n) is 6.56. The lowest BCUT2D eigenvalue weighted by atomic mass is 9.94. The van der Waals surface area contributed by atoms with Crippen molar-refractivity contribution < 1.29 is 4.74 Å². The third kappa shape index (κ3) is 3.10. The zero-order valence-electron chi connectivity index (χ0n) is 11.2. The lowest BCUT2D eigenvalue weighted by Crippen LogP contribution is -2.34. The second-order valence-electron chi connectivity index (χ2n) is 4.90. The van der Waals surface area contributed by atoms with E-state index >= 15 is 0 Å². The van der Waals surface area contributed by atoms with Crippen molar-refractivity contribution in [2.24, 2.45) is 0 Å². The van der Waals surface area contributed by atoms with E-state index in [0.717, 1.165) is 5.82 Å². The van der Waals surface area contributed by atoms with Crippen molar-refractivity contribution in [2.45, 2.75) is 44.8 Å². The number of nitrogens with two attached hydrogens (primary N) is 1. The topological polar surface area (TPSA) is 64.3 Å². The fraction of sp³-hybridized carbons (Fsp3) is 0.692. The number of nitrogens with zero attached hydrogens (tertiary/aromatic N) is 3. The molecule has 1 aliphatic rings. The van der Waals surface area contributed by atoms with E-state index in [4.69, 9.17) is 10.5 Å². The van der Waals surface area contributed by atoms with Gasteiger partial charge in [-0.05, 0) is 12.8 Å². The van der Waals surface area contributed by atoms with Crippen LogP contribution in [0, 0.1) is 0 Å². The number of ether oxygens (including phenoxy) is 1. The molecule has 0 atom stereocenters. The van der Waals surface area contributed by atoms with Crippen molar-refractivity contribution in [3.8, 4) is 0 Å². The number of methoxy groups -OCH3 is 1. The molecule has 0 radical (unpaired) electrons. The Morgan fingerprint density at radius 1 is 1.33 bits per heavy atom. The minimum Gasteiger partial charge on any atom is -0.384 e.